The molecule has 4 rings (SSSR count). The summed E-state index contributed by atoms with van der Waals surface area (Å²) in [7, 11) is 0. The summed E-state index contributed by atoms with van der Waals surface area (Å²) in [5.74, 6) is 2.01. The fraction of sp³-hybridized carbons (Fsp3) is 0.235. The summed E-state index contributed by atoms with van der Waals surface area (Å²) in [6.07, 6.45) is -0.00263. The summed E-state index contributed by atoms with van der Waals surface area (Å²) in [5.41, 5.74) is 2.90. The predicted octanol–water partition coefficient (Wildman–Crippen LogP) is 3.50. The molecule has 3 nitrogen and oxygen atoms in total. The highest BCUT2D eigenvalue weighted by Gasteiger charge is 2.40. The molecular weight excluding hydrogens is 252 g/mol. The number of Topliss-reactive ketones (excluding diaryl/α,β-unsaturated/α-hetero) is 1. The van der Waals surface area contributed by atoms with Crippen LogP contribution in [0.4, 0.5) is 0 Å². The van der Waals surface area contributed by atoms with Gasteiger partial charge in [0.05, 0.1) is 12.5 Å². The van der Waals surface area contributed by atoms with Crippen LogP contribution in [0.1, 0.15) is 40.4 Å². The van der Waals surface area contributed by atoms with Crippen LogP contribution in [0.3, 0.4) is 0 Å². The molecule has 2 atom stereocenters. The van der Waals surface area contributed by atoms with Gasteiger partial charge in [-0.3, -0.25) is 4.79 Å². The summed E-state index contributed by atoms with van der Waals surface area (Å²) in [5, 5.41) is 0. The van der Waals surface area contributed by atoms with Gasteiger partial charge >= 0.3 is 0 Å². The van der Waals surface area contributed by atoms with E-state index in [-0.39, 0.29) is 17.8 Å². The van der Waals surface area contributed by atoms with Crippen LogP contribution in [-0.2, 0) is 0 Å². The van der Waals surface area contributed by atoms with Gasteiger partial charge in [0.15, 0.2) is 5.78 Å². The number of benzene rings is 2. The fourth-order valence-corrected chi connectivity index (χ4v) is 3.03. The molecule has 0 saturated carbocycles. The first kappa shape index (κ1) is 11.5. The Kier molecular flexibility index (Phi) is 2.36. The van der Waals surface area contributed by atoms with Gasteiger partial charge in [0.1, 0.15) is 17.6 Å². The SMILES string of the molecule is CC(=O)c1ccc2c(c1)[C@H]1COc3ccccc3[C@H]1O2. The molecule has 0 saturated heterocycles. The molecule has 0 N–H and O–H groups in total. The van der Waals surface area contributed by atoms with Gasteiger partial charge in [-0.2, -0.15) is 0 Å². The molecule has 0 aliphatic carbocycles. The zero-order valence-electron chi connectivity index (χ0n) is 11.1. The van der Waals surface area contributed by atoms with Crippen LogP contribution in [0, 0.1) is 0 Å². The van der Waals surface area contributed by atoms with Crippen molar-refractivity contribution in [3.8, 4) is 11.5 Å². The van der Waals surface area contributed by atoms with Gasteiger partial charge in [0, 0.05) is 16.7 Å². The molecule has 0 amide bonds. The first-order chi connectivity index (χ1) is 9.74. The van der Waals surface area contributed by atoms with Crippen molar-refractivity contribution in [2.45, 2.75) is 18.9 Å². The van der Waals surface area contributed by atoms with Crippen LogP contribution in [0.15, 0.2) is 42.5 Å². The molecular formula is C17H14O3. The third-order valence-corrected chi connectivity index (χ3v) is 4.08. The molecule has 20 heavy (non-hydrogen) atoms. The van der Waals surface area contributed by atoms with Gasteiger partial charge in [0.25, 0.3) is 0 Å². The number of hydrogen-bond donors (Lipinski definition) is 0. The van der Waals surface area contributed by atoms with Crippen LogP contribution in [0.25, 0.3) is 0 Å². The molecule has 0 bridgehead atoms. The highest BCUT2D eigenvalue weighted by Crippen LogP contribution is 2.50. The van der Waals surface area contributed by atoms with Crippen molar-refractivity contribution in [2.24, 2.45) is 0 Å². The van der Waals surface area contributed by atoms with Gasteiger partial charge in [0.2, 0.25) is 0 Å². The summed E-state index contributed by atoms with van der Waals surface area (Å²) in [4.78, 5) is 11.5. The monoisotopic (exact) mass is 266 g/mol. The predicted molar refractivity (Wildman–Crippen MR) is 74.5 cm³/mol. The number of carbonyl (C=O) groups excluding carboxylic acids is 1. The second-order valence-corrected chi connectivity index (χ2v) is 5.30. The van der Waals surface area contributed by atoms with Crippen molar-refractivity contribution in [1.82, 2.24) is 0 Å². The average molecular weight is 266 g/mol. The molecule has 2 aliphatic rings. The minimum Gasteiger partial charge on any atom is -0.492 e. The lowest BCUT2D eigenvalue weighted by Gasteiger charge is -2.27. The maximum Gasteiger partial charge on any atom is 0.159 e. The lowest BCUT2D eigenvalue weighted by molar-refractivity contribution is 0.101. The Morgan fingerprint density at radius 2 is 1.95 bits per heavy atom. The third-order valence-electron chi connectivity index (χ3n) is 4.08. The molecule has 0 fully saturated rings. The number of ether oxygens (including phenoxy) is 2. The van der Waals surface area contributed by atoms with Gasteiger partial charge < -0.3 is 9.47 Å². The van der Waals surface area contributed by atoms with Gasteiger partial charge in [-0.15, -0.1) is 0 Å². The first-order valence-electron chi connectivity index (χ1n) is 6.77. The molecule has 2 aromatic rings. The second kappa shape index (κ2) is 4.10. The van der Waals surface area contributed by atoms with E-state index in [4.69, 9.17) is 9.47 Å². The van der Waals surface area contributed by atoms with E-state index in [2.05, 4.69) is 0 Å². The summed E-state index contributed by atoms with van der Waals surface area (Å²) in [6, 6.07) is 13.6. The van der Waals surface area contributed by atoms with E-state index in [0.29, 0.717) is 6.61 Å². The van der Waals surface area contributed by atoms with Crippen molar-refractivity contribution < 1.29 is 14.3 Å². The smallest absolute Gasteiger partial charge is 0.159 e. The number of carbonyl (C=O) groups is 1. The van der Waals surface area contributed by atoms with E-state index in [9.17, 15) is 4.79 Å². The van der Waals surface area contributed by atoms with Crippen LogP contribution in [0.2, 0.25) is 0 Å². The molecule has 0 spiro atoms. The van der Waals surface area contributed by atoms with Crippen molar-refractivity contribution in [3.63, 3.8) is 0 Å². The van der Waals surface area contributed by atoms with Gasteiger partial charge in [-0.05, 0) is 31.2 Å². The van der Waals surface area contributed by atoms with E-state index in [0.717, 1.165) is 28.2 Å². The maximum absolute atomic E-state index is 11.5. The van der Waals surface area contributed by atoms with Gasteiger partial charge in [-0.25, -0.2) is 0 Å². The summed E-state index contributed by atoms with van der Waals surface area (Å²) >= 11 is 0. The van der Waals surface area contributed by atoms with Crippen LogP contribution in [0.5, 0.6) is 11.5 Å². The van der Waals surface area contributed by atoms with E-state index in [1.54, 1.807) is 6.92 Å². The molecule has 2 heterocycles. The molecule has 0 unspecified atom stereocenters. The maximum atomic E-state index is 11.5. The quantitative estimate of drug-likeness (QED) is 0.741. The number of para-hydroxylation sites is 1. The standard InChI is InChI=1S/C17H14O3/c1-10(18)11-6-7-16-13(8-11)14-9-19-15-5-3-2-4-12(15)17(14)20-16/h2-8,14,17H,9H2,1H3/t14-,17-/m1/s1. The van der Waals surface area contributed by atoms with Crippen LogP contribution >= 0.6 is 0 Å². The Morgan fingerprint density at radius 3 is 2.80 bits per heavy atom. The first-order valence-corrected chi connectivity index (χ1v) is 6.77. The Balaban J connectivity index is 1.80. The Morgan fingerprint density at radius 1 is 1.10 bits per heavy atom. The summed E-state index contributed by atoms with van der Waals surface area (Å²) in [6.45, 7) is 2.18. The zero-order chi connectivity index (χ0) is 13.7. The molecule has 100 valence electrons. The van der Waals surface area contributed by atoms with Crippen molar-refractivity contribution in [2.75, 3.05) is 6.61 Å². The highest BCUT2D eigenvalue weighted by molar-refractivity contribution is 5.94. The fourth-order valence-electron chi connectivity index (χ4n) is 3.03. The van der Waals surface area contributed by atoms with Gasteiger partial charge in [-0.1, -0.05) is 18.2 Å². The van der Waals surface area contributed by atoms with E-state index < -0.39 is 0 Å². The molecule has 2 aromatic carbocycles. The minimum atomic E-state index is -0.00263. The van der Waals surface area contributed by atoms with Crippen molar-refractivity contribution in [3.05, 3.63) is 59.2 Å². The Labute approximate surface area is 117 Å². The Hall–Kier alpha value is -2.29. The number of fused-ring (bicyclic) bond motifs is 5. The van der Waals surface area contributed by atoms with Crippen molar-refractivity contribution in [1.29, 1.82) is 0 Å². The lowest BCUT2D eigenvalue weighted by atomic mass is 9.88. The van der Waals surface area contributed by atoms with E-state index in [1.807, 2.05) is 42.5 Å². The van der Waals surface area contributed by atoms with Crippen LogP contribution < -0.4 is 9.47 Å². The lowest BCUT2D eigenvalue weighted by Crippen LogP contribution is -2.23. The van der Waals surface area contributed by atoms with Crippen LogP contribution in [-0.4, -0.2) is 12.4 Å². The zero-order valence-corrected chi connectivity index (χ0v) is 11.1. The normalized spacial score (nSPS) is 22.1. The Bertz CT molecular complexity index is 705. The molecule has 2 aliphatic heterocycles. The molecule has 0 radical (unpaired) electrons. The second-order valence-electron chi connectivity index (χ2n) is 5.30. The number of ketones is 1. The largest absolute Gasteiger partial charge is 0.492 e. The molecule has 3 heteroatoms. The van der Waals surface area contributed by atoms with Crippen molar-refractivity contribution >= 4 is 5.78 Å². The van der Waals surface area contributed by atoms with E-state index >= 15 is 0 Å². The average Bonchev–Trinajstić information content (AvgIpc) is 2.85. The number of rotatable bonds is 1. The minimum absolute atomic E-state index is 0.00263. The third kappa shape index (κ3) is 1.56. The molecule has 0 aromatic heterocycles. The highest BCUT2D eigenvalue weighted by atomic mass is 16.5. The van der Waals surface area contributed by atoms with E-state index in [1.165, 1.54) is 0 Å². The summed E-state index contributed by atoms with van der Waals surface area (Å²) < 4.78 is 11.9. The number of hydrogen-bond acceptors (Lipinski definition) is 3. The topological polar surface area (TPSA) is 35.5 Å².